The minimum Gasteiger partial charge on any atom is -0.366 e. The van der Waals surface area contributed by atoms with Gasteiger partial charge in [0.2, 0.25) is 0 Å². The van der Waals surface area contributed by atoms with Gasteiger partial charge in [-0.2, -0.15) is 0 Å². The van der Waals surface area contributed by atoms with Crippen LogP contribution in [0.1, 0.15) is 19.5 Å². The van der Waals surface area contributed by atoms with Crippen molar-refractivity contribution in [3.63, 3.8) is 0 Å². The smallest absolute Gasteiger partial charge is 0.147 e. The molecule has 1 N–H and O–H groups in total. The lowest BCUT2D eigenvalue weighted by molar-refractivity contribution is 0.563. The van der Waals surface area contributed by atoms with Gasteiger partial charge in [0, 0.05) is 24.3 Å². The molecule has 0 aliphatic heterocycles. The molecular weight excluding hydrogens is 198 g/mol. The van der Waals surface area contributed by atoms with E-state index in [1.807, 2.05) is 6.92 Å². The van der Waals surface area contributed by atoms with E-state index in [4.69, 9.17) is 11.6 Å². The predicted octanol–water partition coefficient (Wildman–Crippen LogP) is 2.46. The first-order valence-corrected chi connectivity index (χ1v) is 5.28. The highest BCUT2D eigenvalue weighted by Gasteiger charge is 2.12. The second-order valence-corrected chi connectivity index (χ2v) is 3.86. The summed E-state index contributed by atoms with van der Waals surface area (Å²) in [5.41, 5.74) is 0.918. The zero-order chi connectivity index (χ0) is 10.6. The third-order valence-electron chi connectivity index (χ3n) is 2.34. The monoisotopic (exact) mass is 213 g/mol. The van der Waals surface area contributed by atoms with Crippen molar-refractivity contribution in [2.24, 2.45) is 5.92 Å². The minimum absolute atomic E-state index is 0.308. The molecule has 0 spiro atoms. The summed E-state index contributed by atoms with van der Waals surface area (Å²) in [4.78, 5) is 8.38. The van der Waals surface area contributed by atoms with Crippen molar-refractivity contribution < 1.29 is 0 Å². The van der Waals surface area contributed by atoms with E-state index in [-0.39, 0.29) is 0 Å². The molecule has 1 heterocycles. The van der Waals surface area contributed by atoms with Crippen molar-refractivity contribution in [1.82, 2.24) is 9.97 Å². The Morgan fingerprint density at radius 1 is 1.36 bits per heavy atom. The van der Waals surface area contributed by atoms with Gasteiger partial charge in [-0.25, -0.2) is 4.98 Å². The molecule has 14 heavy (non-hydrogen) atoms. The van der Waals surface area contributed by atoms with Crippen molar-refractivity contribution in [2.75, 3.05) is 11.2 Å². The third kappa shape index (κ3) is 2.84. The molecule has 1 rings (SSSR count). The molecule has 0 bridgehead atoms. The van der Waals surface area contributed by atoms with Crippen LogP contribution >= 0.6 is 11.6 Å². The van der Waals surface area contributed by atoms with Crippen LogP contribution in [0.3, 0.4) is 0 Å². The van der Waals surface area contributed by atoms with Gasteiger partial charge in [-0.1, -0.05) is 6.92 Å². The second kappa shape index (κ2) is 5.15. The molecule has 0 saturated heterocycles. The number of hydrogen-bond donors (Lipinski definition) is 1. The van der Waals surface area contributed by atoms with Gasteiger partial charge in [0.05, 0.1) is 5.69 Å². The summed E-state index contributed by atoms with van der Waals surface area (Å²) >= 11 is 5.78. The number of nitrogens with zero attached hydrogens (tertiary/aromatic N) is 2. The molecule has 0 aliphatic carbocycles. The predicted molar refractivity (Wildman–Crippen MR) is 59.7 cm³/mol. The summed E-state index contributed by atoms with van der Waals surface area (Å²) in [6.07, 6.45) is 3.38. The minimum atomic E-state index is 0.308. The van der Waals surface area contributed by atoms with E-state index in [0.717, 1.165) is 11.5 Å². The lowest BCUT2D eigenvalue weighted by Crippen LogP contribution is -2.25. The van der Waals surface area contributed by atoms with Crippen molar-refractivity contribution >= 4 is 17.4 Å². The zero-order valence-corrected chi connectivity index (χ0v) is 9.54. The topological polar surface area (TPSA) is 37.8 Å². The number of rotatable bonds is 4. The van der Waals surface area contributed by atoms with Crippen LogP contribution in [0.5, 0.6) is 0 Å². The normalized spacial score (nSPS) is 14.9. The first kappa shape index (κ1) is 11.2. The standard InChI is InChI=1S/C10H16ClN3/c1-7(6-11)8(2)14-10-9(3)12-4-5-13-10/h4-5,7-8H,6H2,1-3H3,(H,13,14). The highest BCUT2D eigenvalue weighted by Crippen LogP contribution is 2.13. The van der Waals surface area contributed by atoms with Crippen LogP contribution in [0.25, 0.3) is 0 Å². The molecule has 2 unspecified atom stereocenters. The molecule has 3 nitrogen and oxygen atoms in total. The number of alkyl halides is 1. The molecule has 0 aromatic carbocycles. The summed E-state index contributed by atoms with van der Waals surface area (Å²) in [6.45, 7) is 6.14. The Kier molecular flexibility index (Phi) is 4.14. The summed E-state index contributed by atoms with van der Waals surface area (Å²) < 4.78 is 0. The Labute approximate surface area is 89.9 Å². The van der Waals surface area contributed by atoms with E-state index in [9.17, 15) is 0 Å². The van der Waals surface area contributed by atoms with Crippen molar-refractivity contribution in [3.05, 3.63) is 18.1 Å². The van der Waals surface area contributed by atoms with E-state index in [1.54, 1.807) is 12.4 Å². The Bertz CT molecular complexity index is 290. The maximum atomic E-state index is 5.78. The second-order valence-electron chi connectivity index (χ2n) is 3.55. The lowest BCUT2D eigenvalue weighted by atomic mass is 10.1. The van der Waals surface area contributed by atoms with E-state index in [0.29, 0.717) is 17.8 Å². The van der Waals surface area contributed by atoms with Crippen LogP contribution < -0.4 is 5.32 Å². The van der Waals surface area contributed by atoms with Gasteiger partial charge in [-0.15, -0.1) is 11.6 Å². The number of halogens is 1. The Balaban J connectivity index is 2.64. The van der Waals surface area contributed by atoms with Gasteiger partial charge in [0.15, 0.2) is 0 Å². The van der Waals surface area contributed by atoms with Crippen LogP contribution in [0, 0.1) is 12.8 Å². The molecule has 0 saturated carbocycles. The summed E-state index contributed by atoms with van der Waals surface area (Å²) in [7, 11) is 0. The summed E-state index contributed by atoms with van der Waals surface area (Å²) in [5, 5.41) is 3.30. The van der Waals surface area contributed by atoms with Crippen molar-refractivity contribution in [2.45, 2.75) is 26.8 Å². The molecule has 2 atom stereocenters. The van der Waals surface area contributed by atoms with Crippen LogP contribution in [-0.4, -0.2) is 21.9 Å². The fourth-order valence-electron chi connectivity index (χ4n) is 1.04. The van der Waals surface area contributed by atoms with Gasteiger partial charge in [-0.3, -0.25) is 4.98 Å². The SMILES string of the molecule is Cc1nccnc1NC(C)C(C)CCl. The van der Waals surface area contributed by atoms with Gasteiger partial charge >= 0.3 is 0 Å². The number of nitrogens with one attached hydrogen (secondary N) is 1. The number of anilines is 1. The van der Waals surface area contributed by atoms with E-state index >= 15 is 0 Å². The van der Waals surface area contributed by atoms with Crippen LogP contribution in [0.2, 0.25) is 0 Å². The zero-order valence-electron chi connectivity index (χ0n) is 8.79. The molecule has 0 aliphatic rings. The van der Waals surface area contributed by atoms with Crippen LogP contribution in [-0.2, 0) is 0 Å². The fraction of sp³-hybridized carbons (Fsp3) is 0.600. The average Bonchev–Trinajstić information content (AvgIpc) is 2.20. The lowest BCUT2D eigenvalue weighted by Gasteiger charge is -2.20. The molecule has 0 amide bonds. The Morgan fingerprint density at radius 2 is 2.00 bits per heavy atom. The number of aryl methyl sites for hydroxylation is 1. The van der Waals surface area contributed by atoms with Crippen LogP contribution in [0.15, 0.2) is 12.4 Å². The maximum absolute atomic E-state index is 5.78. The molecule has 4 heteroatoms. The molecule has 0 radical (unpaired) electrons. The molecule has 0 fully saturated rings. The molecule has 78 valence electrons. The maximum Gasteiger partial charge on any atom is 0.147 e. The Hall–Kier alpha value is -0.830. The highest BCUT2D eigenvalue weighted by atomic mass is 35.5. The van der Waals surface area contributed by atoms with Crippen LogP contribution in [0.4, 0.5) is 5.82 Å². The van der Waals surface area contributed by atoms with E-state index < -0.39 is 0 Å². The summed E-state index contributed by atoms with van der Waals surface area (Å²) in [5.74, 6) is 1.91. The first-order chi connectivity index (χ1) is 6.65. The molecule has 1 aromatic heterocycles. The highest BCUT2D eigenvalue weighted by molar-refractivity contribution is 6.18. The van der Waals surface area contributed by atoms with Gasteiger partial charge in [0.1, 0.15) is 5.82 Å². The quantitative estimate of drug-likeness (QED) is 0.781. The largest absolute Gasteiger partial charge is 0.366 e. The fourth-order valence-corrected chi connectivity index (χ4v) is 1.31. The Morgan fingerprint density at radius 3 is 2.57 bits per heavy atom. The molecular formula is C10H16ClN3. The van der Waals surface area contributed by atoms with Crippen molar-refractivity contribution in [3.8, 4) is 0 Å². The van der Waals surface area contributed by atoms with Gasteiger partial charge < -0.3 is 5.32 Å². The van der Waals surface area contributed by atoms with Gasteiger partial charge in [-0.05, 0) is 19.8 Å². The summed E-state index contributed by atoms with van der Waals surface area (Å²) in [6, 6.07) is 0.308. The average molecular weight is 214 g/mol. The first-order valence-electron chi connectivity index (χ1n) is 4.75. The molecule has 1 aromatic rings. The number of aromatic nitrogens is 2. The third-order valence-corrected chi connectivity index (χ3v) is 2.83. The van der Waals surface area contributed by atoms with Crippen molar-refractivity contribution in [1.29, 1.82) is 0 Å². The number of hydrogen-bond acceptors (Lipinski definition) is 3. The van der Waals surface area contributed by atoms with E-state index in [1.165, 1.54) is 0 Å². The van der Waals surface area contributed by atoms with Gasteiger partial charge in [0.25, 0.3) is 0 Å². The van der Waals surface area contributed by atoms with E-state index in [2.05, 4.69) is 29.1 Å².